The fourth-order valence-corrected chi connectivity index (χ4v) is 3.83. The first-order valence-electron chi connectivity index (χ1n) is 8.72. The first kappa shape index (κ1) is 15.9. The molecular weight excluding hydrogens is 318 g/mol. The molecule has 0 aliphatic carbocycles. The van der Waals surface area contributed by atoms with E-state index in [9.17, 15) is 9.59 Å². The van der Waals surface area contributed by atoms with Crippen molar-refractivity contribution >= 4 is 17.5 Å². The highest BCUT2D eigenvalue weighted by molar-refractivity contribution is 6.00. The minimum Gasteiger partial charge on any atom is -0.359 e. The van der Waals surface area contributed by atoms with Gasteiger partial charge in [-0.05, 0) is 31.9 Å². The summed E-state index contributed by atoms with van der Waals surface area (Å²) in [5, 5.41) is 3.94. The normalized spacial score (nSPS) is 23.5. The summed E-state index contributed by atoms with van der Waals surface area (Å²) in [7, 11) is 0. The molecule has 2 unspecified atom stereocenters. The van der Waals surface area contributed by atoms with E-state index in [-0.39, 0.29) is 30.2 Å². The molecule has 25 heavy (non-hydrogen) atoms. The molecule has 2 aliphatic heterocycles. The second-order valence-corrected chi connectivity index (χ2v) is 6.80. The van der Waals surface area contributed by atoms with Crippen molar-refractivity contribution in [3.05, 3.63) is 47.9 Å². The summed E-state index contributed by atoms with van der Waals surface area (Å²) in [6, 6.07) is 11.4. The van der Waals surface area contributed by atoms with E-state index >= 15 is 0 Å². The van der Waals surface area contributed by atoms with Crippen molar-refractivity contribution in [1.29, 1.82) is 0 Å². The number of aryl methyl sites for hydroxylation is 1. The zero-order valence-electron chi connectivity index (χ0n) is 14.2. The predicted molar refractivity (Wildman–Crippen MR) is 91.8 cm³/mol. The summed E-state index contributed by atoms with van der Waals surface area (Å²) in [5.41, 5.74) is 1.67. The number of anilines is 1. The second-order valence-electron chi connectivity index (χ2n) is 6.80. The van der Waals surface area contributed by atoms with Gasteiger partial charge in [-0.15, -0.1) is 0 Å². The van der Waals surface area contributed by atoms with E-state index in [1.165, 1.54) is 0 Å². The third-order valence-corrected chi connectivity index (χ3v) is 5.05. The minimum absolute atomic E-state index is 0.0100. The molecule has 2 saturated heterocycles. The van der Waals surface area contributed by atoms with E-state index in [0.29, 0.717) is 13.1 Å². The molecule has 130 valence electrons. The van der Waals surface area contributed by atoms with Crippen molar-refractivity contribution < 1.29 is 14.1 Å². The summed E-state index contributed by atoms with van der Waals surface area (Å²) in [5.74, 6) is 0.504. The third-order valence-electron chi connectivity index (χ3n) is 5.05. The maximum Gasteiger partial charge on any atom is 0.228 e. The van der Waals surface area contributed by atoms with Crippen LogP contribution in [-0.2, 0) is 9.59 Å². The Labute approximate surface area is 146 Å². The van der Waals surface area contributed by atoms with Gasteiger partial charge >= 0.3 is 0 Å². The SMILES string of the molecule is Cc1cc(C2CCCN2C(=O)C2CC(=O)N(c3ccccc3)C2)on1. The molecule has 4 rings (SSSR count). The van der Waals surface area contributed by atoms with Gasteiger partial charge in [-0.3, -0.25) is 9.59 Å². The van der Waals surface area contributed by atoms with Crippen LogP contribution >= 0.6 is 0 Å². The van der Waals surface area contributed by atoms with Gasteiger partial charge in [0.15, 0.2) is 5.76 Å². The molecule has 1 aromatic heterocycles. The highest BCUT2D eigenvalue weighted by Gasteiger charge is 2.41. The summed E-state index contributed by atoms with van der Waals surface area (Å²) in [4.78, 5) is 29.0. The van der Waals surface area contributed by atoms with Gasteiger partial charge in [-0.1, -0.05) is 23.4 Å². The monoisotopic (exact) mass is 339 g/mol. The van der Waals surface area contributed by atoms with Gasteiger partial charge in [-0.25, -0.2) is 0 Å². The van der Waals surface area contributed by atoms with Crippen molar-refractivity contribution in [2.45, 2.75) is 32.2 Å². The van der Waals surface area contributed by atoms with Gasteiger partial charge in [0.25, 0.3) is 0 Å². The Balaban J connectivity index is 1.50. The zero-order valence-corrected chi connectivity index (χ0v) is 14.2. The lowest BCUT2D eigenvalue weighted by Gasteiger charge is -2.25. The number of carbonyl (C=O) groups is 2. The number of hydrogen-bond donors (Lipinski definition) is 0. The van der Waals surface area contributed by atoms with Gasteiger partial charge in [0.05, 0.1) is 17.7 Å². The van der Waals surface area contributed by atoms with Crippen molar-refractivity contribution in [1.82, 2.24) is 10.1 Å². The number of hydrogen-bond acceptors (Lipinski definition) is 4. The number of nitrogens with zero attached hydrogens (tertiary/aromatic N) is 3. The largest absolute Gasteiger partial charge is 0.359 e. The zero-order chi connectivity index (χ0) is 17.4. The number of carbonyl (C=O) groups excluding carboxylic acids is 2. The highest BCUT2D eigenvalue weighted by Crippen LogP contribution is 2.35. The van der Waals surface area contributed by atoms with Crippen LogP contribution in [0.25, 0.3) is 0 Å². The lowest BCUT2D eigenvalue weighted by molar-refractivity contribution is -0.137. The Hall–Kier alpha value is -2.63. The molecule has 2 fully saturated rings. The van der Waals surface area contributed by atoms with Crippen LogP contribution in [0.15, 0.2) is 40.9 Å². The third kappa shape index (κ3) is 2.92. The first-order chi connectivity index (χ1) is 12.1. The summed E-state index contributed by atoms with van der Waals surface area (Å²) >= 11 is 0. The summed E-state index contributed by atoms with van der Waals surface area (Å²) < 4.78 is 5.38. The first-order valence-corrected chi connectivity index (χ1v) is 8.72. The maximum absolute atomic E-state index is 13.0. The van der Waals surface area contributed by atoms with E-state index in [0.717, 1.165) is 30.0 Å². The number of amides is 2. The molecule has 2 aliphatic rings. The van der Waals surface area contributed by atoms with E-state index in [1.807, 2.05) is 48.2 Å². The number of benzene rings is 1. The van der Waals surface area contributed by atoms with Crippen LogP contribution in [0.1, 0.15) is 36.8 Å². The molecule has 2 aromatic rings. The molecule has 0 radical (unpaired) electrons. The van der Waals surface area contributed by atoms with E-state index in [4.69, 9.17) is 4.52 Å². The lowest BCUT2D eigenvalue weighted by atomic mass is 10.1. The number of para-hydroxylation sites is 1. The fourth-order valence-electron chi connectivity index (χ4n) is 3.83. The van der Waals surface area contributed by atoms with Crippen LogP contribution in [0.3, 0.4) is 0 Å². The van der Waals surface area contributed by atoms with E-state index < -0.39 is 0 Å². The standard InChI is InChI=1S/C19H21N3O3/c1-13-10-17(25-20-13)16-8-5-9-21(16)19(24)14-11-18(23)22(12-14)15-6-3-2-4-7-15/h2-4,6-7,10,14,16H,5,8-9,11-12H2,1H3. The fraction of sp³-hybridized carbons (Fsp3) is 0.421. The van der Waals surface area contributed by atoms with Crippen LogP contribution in [0.5, 0.6) is 0 Å². The summed E-state index contributed by atoms with van der Waals surface area (Å²) in [6.45, 7) is 3.03. The maximum atomic E-state index is 13.0. The Morgan fingerprint density at radius 2 is 2.08 bits per heavy atom. The van der Waals surface area contributed by atoms with Crippen molar-refractivity contribution in [3.63, 3.8) is 0 Å². The van der Waals surface area contributed by atoms with Gasteiger partial charge in [0, 0.05) is 31.3 Å². The number of aromatic nitrogens is 1. The van der Waals surface area contributed by atoms with Gasteiger partial charge in [-0.2, -0.15) is 0 Å². The van der Waals surface area contributed by atoms with Crippen LogP contribution in [0.2, 0.25) is 0 Å². The second kappa shape index (κ2) is 6.35. The van der Waals surface area contributed by atoms with Gasteiger partial charge in [0.2, 0.25) is 11.8 Å². The van der Waals surface area contributed by atoms with Crippen LogP contribution in [0, 0.1) is 12.8 Å². The van der Waals surface area contributed by atoms with Crippen LogP contribution in [0.4, 0.5) is 5.69 Å². The van der Waals surface area contributed by atoms with Crippen molar-refractivity contribution in [2.75, 3.05) is 18.0 Å². The number of likely N-dealkylation sites (tertiary alicyclic amines) is 1. The molecule has 6 nitrogen and oxygen atoms in total. The molecule has 2 atom stereocenters. The van der Waals surface area contributed by atoms with Crippen LogP contribution in [-0.4, -0.2) is 35.0 Å². The molecule has 0 N–H and O–H groups in total. The smallest absolute Gasteiger partial charge is 0.228 e. The van der Waals surface area contributed by atoms with Crippen molar-refractivity contribution in [3.8, 4) is 0 Å². The van der Waals surface area contributed by atoms with Gasteiger partial charge < -0.3 is 14.3 Å². The molecule has 2 amide bonds. The van der Waals surface area contributed by atoms with E-state index in [1.54, 1.807) is 4.90 Å². The van der Waals surface area contributed by atoms with E-state index in [2.05, 4.69) is 5.16 Å². The minimum atomic E-state index is -0.294. The predicted octanol–water partition coefficient (Wildman–Crippen LogP) is 2.70. The topological polar surface area (TPSA) is 66.7 Å². The number of rotatable bonds is 3. The van der Waals surface area contributed by atoms with Gasteiger partial charge in [0.1, 0.15) is 0 Å². The quantitative estimate of drug-likeness (QED) is 0.862. The molecule has 0 saturated carbocycles. The summed E-state index contributed by atoms with van der Waals surface area (Å²) in [6.07, 6.45) is 2.09. The van der Waals surface area contributed by atoms with Crippen LogP contribution < -0.4 is 4.90 Å². The molecule has 6 heteroatoms. The molecule has 1 aromatic carbocycles. The Morgan fingerprint density at radius 1 is 1.28 bits per heavy atom. The van der Waals surface area contributed by atoms with Crippen molar-refractivity contribution in [2.24, 2.45) is 5.92 Å². The average molecular weight is 339 g/mol. The molecule has 0 spiro atoms. The Morgan fingerprint density at radius 3 is 2.80 bits per heavy atom. The molecule has 0 bridgehead atoms. The Kier molecular flexibility index (Phi) is 4.03. The molecule has 3 heterocycles. The Bertz CT molecular complexity index is 786. The highest BCUT2D eigenvalue weighted by atomic mass is 16.5. The average Bonchev–Trinajstić information content (AvgIpc) is 3.34. The lowest BCUT2D eigenvalue weighted by Crippen LogP contribution is -2.37. The molecular formula is C19H21N3O3.